The molecule has 0 saturated carbocycles. The fourth-order valence-corrected chi connectivity index (χ4v) is 0.636. The van der Waals surface area contributed by atoms with E-state index >= 15 is 0 Å². The molecule has 0 amide bonds. The molecule has 0 atom stereocenters. The fraction of sp³-hybridized carbons (Fsp3) is 1.00. The summed E-state index contributed by atoms with van der Waals surface area (Å²) >= 11 is 0. The van der Waals surface area contributed by atoms with E-state index < -0.39 is 23.0 Å². The smallest absolute Gasteiger partial charge is 0.735 e. The van der Waals surface area contributed by atoms with Gasteiger partial charge in [0.1, 0.15) is 6.54 Å². The van der Waals surface area contributed by atoms with Crippen LogP contribution < -0.4 is 51.4 Å². The fourth-order valence-electron chi connectivity index (χ4n) is 0.332. The minimum absolute atomic E-state index is 0. The summed E-state index contributed by atoms with van der Waals surface area (Å²) in [4.78, 5) is 0. The number of hydrogen-bond donors (Lipinski definition) is 0. The van der Waals surface area contributed by atoms with Crippen molar-refractivity contribution in [3.05, 3.63) is 0 Å². The number of nitrogens with zero attached hydrogens (tertiary/aromatic N) is 1. The molecule has 12 heavy (non-hydrogen) atoms. The molecule has 0 N–H and O–H groups in total. The molecular formula is C3H5F3KNO3S. The van der Waals surface area contributed by atoms with Crippen molar-refractivity contribution in [3.63, 3.8) is 0 Å². The summed E-state index contributed by atoms with van der Waals surface area (Å²) < 4.78 is 63.5. The Morgan fingerprint density at radius 2 is 1.75 bits per heavy atom. The Hall–Kier alpha value is 1.30. The van der Waals surface area contributed by atoms with Crippen LogP contribution in [0.15, 0.2) is 0 Å². The van der Waals surface area contributed by atoms with E-state index in [0.717, 1.165) is 0 Å². The van der Waals surface area contributed by atoms with Crippen molar-refractivity contribution < 1.29 is 77.5 Å². The van der Waals surface area contributed by atoms with E-state index in [1.807, 2.05) is 0 Å². The molecule has 4 nitrogen and oxygen atoms in total. The van der Waals surface area contributed by atoms with Gasteiger partial charge in [-0.3, -0.25) is 0 Å². The van der Waals surface area contributed by atoms with Crippen molar-refractivity contribution in [2.45, 2.75) is 6.18 Å². The van der Waals surface area contributed by atoms with Crippen molar-refractivity contribution in [2.75, 3.05) is 13.6 Å². The second-order valence-electron chi connectivity index (χ2n) is 1.83. The molecule has 0 aromatic rings. The van der Waals surface area contributed by atoms with Gasteiger partial charge in [-0.2, -0.15) is 13.2 Å². The van der Waals surface area contributed by atoms with Crippen LogP contribution in [0.4, 0.5) is 13.2 Å². The second kappa shape index (κ2) is 5.24. The van der Waals surface area contributed by atoms with Crippen molar-refractivity contribution in [1.29, 1.82) is 0 Å². The molecular weight excluding hydrogens is 226 g/mol. The van der Waals surface area contributed by atoms with Gasteiger partial charge in [0.2, 0.25) is 0 Å². The molecule has 0 fully saturated rings. The first-order valence-electron chi connectivity index (χ1n) is 2.37. The molecule has 68 valence electrons. The predicted octanol–water partition coefficient (Wildman–Crippen LogP) is -3.06. The quantitative estimate of drug-likeness (QED) is 0.374. The van der Waals surface area contributed by atoms with Crippen LogP contribution in [0, 0.1) is 0 Å². The van der Waals surface area contributed by atoms with Crippen LogP contribution in [0.25, 0.3) is 0 Å². The molecule has 0 aliphatic carbocycles. The third-order valence-corrected chi connectivity index (χ3v) is 1.68. The molecule has 0 spiro atoms. The van der Waals surface area contributed by atoms with E-state index in [9.17, 15) is 26.1 Å². The van der Waals surface area contributed by atoms with Crippen LogP contribution in [0.2, 0.25) is 0 Å². The summed E-state index contributed by atoms with van der Waals surface area (Å²) in [6.07, 6.45) is -4.67. The van der Waals surface area contributed by atoms with Gasteiger partial charge < -0.3 is 4.55 Å². The molecule has 0 rings (SSSR count). The van der Waals surface area contributed by atoms with Crippen molar-refractivity contribution in [1.82, 2.24) is 4.31 Å². The van der Waals surface area contributed by atoms with Crippen LogP contribution in [-0.4, -0.2) is 37.0 Å². The number of hydrogen-bond acceptors (Lipinski definition) is 3. The van der Waals surface area contributed by atoms with E-state index in [2.05, 4.69) is 0 Å². The zero-order chi connectivity index (χ0) is 9.28. The van der Waals surface area contributed by atoms with Gasteiger partial charge in [0.15, 0.2) is 10.3 Å². The maximum atomic E-state index is 11.4. The Morgan fingerprint density at radius 3 is 1.83 bits per heavy atom. The van der Waals surface area contributed by atoms with Gasteiger partial charge in [-0.25, -0.2) is 12.7 Å². The van der Waals surface area contributed by atoms with Crippen molar-refractivity contribution in [2.24, 2.45) is 0 Å². The summed E-state index contributed by atoms with van der Waals surface area (Å²) in [6, 6.07) is 0. The summed E-state index contributed by atoms with van der Waals surface area (Å²) in [5.74, 6) is 0. The van der Waals surface area contributed by atoms with Gasteiger partial charge in [-0.1, -0.05) is 0 Å². The van der Waals surface area contributed by atoms with Crippen molar-refractivity contribution >= 4 is 10.3 Å². The maximum absolute atomic E-state index is 11.4. The molecule has 0 radical (unpaired) electrons. The number of halogens is 3. The van der Waals surface area contributed by atoms with Crippen LogP contribution in [0.5, 0.6) is 0 Å². The first-order chi connectivity index (χ1) is 4.63. The van der Waals surface area contributed by atoms with Crippen LogP contribution >= 0.6 is 0 Å². The molecule has 0 saturated heterocycles. The Morgan fingerprint density at radius 1 is 1.42 bits per heavy atom. The van der Waals surface area contributed by atoms with E-state index in [-0.39, 0.29) is 55.7 Å². The largest absolute Gasteiger partial charge is 1.00 e. The SMILES string of the molecule is CN(CC(F)(F)F)S(=O)(=O)[O-].[K+]. The van der Waals surface area contributed by atoms with Gasteiger partial charge in [0.05, 0.1) is 0 Å². The molecule has 0 aromatic carbocycles. The topological polar surface area (TPSA) is 60.4 Å². The number of alkyl halides is 3. The van der Waals surface area contributed by atoms with Gasteiger partial charge in [0.25, 0.3) is 0 Å². The van der Waals surface area contributed by atoms with E-state index in [1.54, 1.807) is 0 Å². The molecule has 0 heterocycles. The van der Waals surface area contributed by atoms with E-state index in [1.165, 1.54) is 0 Å². The molecule has 0 unspecified atom stereocenters. The average Bonchev–Trinajstić information content (AvgIpc) is 1.56. The average molecular weight is 231 g/mol. The Labute approximate surface area is 110 Å². The summed E-state index contributed by atoms with van der Waals surface area (Å²) in [5.41, 5.74) is 0. The van der Waals surface area contributed by atoms with Gasteiger partial charge >= 0.3 is 57.6 Å². The first kappa shape index (κ1) is 15.8. The summed E-state index contributed by atoms with van der Waals surface area (Å²) in [6.45, 7) is -1.75. The Balaban J connectivity index is 0. The van der Waals surface area contributed by atoms with Crippen LogP contribution in [0.3, 0.4) is 0 Å². The number of rotatable bonds is 2. The van der Waals surface area contributed by atoms with Gasteiger partial charge in [-0.05, 0) is 0 Å². The second-order valence-corrected chi connectivity index (χ2v) is 3.31. The first-order valence-corrected chi connectivity index (χ1v) is 3.73. The molecule has 0 aliphatic rings. The van der Waals surface area contributed by atoms with Crippen LogP contribution in [0.1, 0.15) is 0 Å². The third kappa shape index (κ3) is 7.92. The minimum Gasteiger partial charge on any atom is -0.735 e. The molecule has 0 aromatic heterocycles. The predicted molar refractivity (Wildman–Crippen MR) is 28.4 cm³/mol. The van der Waals surface area contributed by atoms with E-state index in [0.29, 0.717) is 7.05 Å². The van der Waals surface area contributed by atoms with E-state index in [4.69, 9.17) is 0 Å². The molecule has 9 heteroatoms. The van der Waals surface area contributed by atoms with Gasteiger partial charge in [-0.15, -0.1) is 0 Å². The zero-order valence-corrected chi connectivity index (χ0v) is 10.4. The molecule has 0 bridgehead atoms. The normalized spacial score (nSPS) is 12.8. The zero-order valence-electron chi connectivity index (χ0n) is 6.42. The summed E-state index contributed by atoms with van der Waals surface area (Å²) in [5, 5.41) is 0. The van der Waals surface area contributed by atoms with Gasteiger partial charge in [0, 0.05) is 7.05 Å². The minimum atomic E-state index is -4.97. The maximum Gasteiger partial charge on any atom is 1.00 e. The third-order valence-electron chi connectivity index (χ3n) is 0.784. The molecule has 0 aliphatic heterocycles. The summed E-state index contributed by atoms with van der Waals surface area (Å²) in [7, 11) is -4.41. The Bertz CT molecular complexity index is 225. The van der Waals surface area contributed by atoms with Crippen LogP contribution in [-0.2, 0) is 10.3 Å². The Kier molecular flexibility index (Phi) is 6.89. The van der Waals surface area contributed by atoms with Crippen molar-refractivity contribution in [3.8, 4) is 0 Å². The monoisotopic (exact) mass is 231 g/mol. The standard InChI is InChI=1S/C3H6F3NO3S.K/c1-7(11(8,9)10)2-3(4,5)6;/h2H2,1H3,(H,8,9,10);/q;+1/p-1.